The Labute approximate surface area is 77.1 Å². The Balaban J connectivity index is 3.40. The quantitative estimate of drug-likeness (QED) is 0.550. The summed E-state index contributed by atoms with van der Waals surface area (Å²) in [5.41, 5.74) is 7.16. The van der Waals surface area contributed by atoms with Crippen LogP contribution in [-0.2, 0) is 0 Å². The molecule has 0 fully saturated rings. The van der Waals surface area contributed by atoms with Gasteiger partial charge in [0.1, 0.15) is 0 Å². The monoisotopic (exact) mass is 171 g/mol. The first kappa shape index (κ1) is 11.9. The van der Waals surface area contributed by atoms with E-state index in [0.29, 0.717) is 6.54 Å². The van der Waals surface area contributed by atoms with Crippen LogP contribution in [0.2, 0.25) is 0 Å². The van der Waals surface area contributed by atoms with E-state index in [1.807, 2.05) is 0 Å². The zero-order valence-electron chi connectivity index (χ0n) is 8.60. The van der Waals surface area contributed by atoms with Gasteiger partial charge in [-0.3, -0.25) is 5.73 Å². The van der Waals surface area contributed by atoms with Gasteiger partial charge >= 0.3 is 0 Å². The molecule has 0 heterocycles. The summed E-state index contributed by atoms with van der Waals surface area (Å²) in [6, 6.07) is 0. The molecule has 12 heavy (non-hydrogen) atoms. The van der Waals surface area contributed by atoms with Crippen LogP contribution in [0.25, 0.3) is 0 Å². The SMILES string of the molecule is CCCCN(CC[NH])CCCC. The second-order valence-electron chi connectivity index (χ2n) is 3.30. The number of nitrogens with one attached hydrogen (secondary N) is 1. The van der Waals surface area contributed by atoms with Crippen LogP contribution >= 0.6 is 0 Å². The Morgan fingerprint density at radius 3 is 1.75 bits per heavy atom. The molecule has 2 nitrogen and oxygen atoms in total. The van der Waals surface area contributed by atoms with Gasteiger partial charge in [-0.05, 0) is 25.9 Å². The van der Waals surface area contributed by atoms with Crippen LogP contribution < -0.4 is 5.73 Å². The minimum atomic E-state index is 0.549. The lowest BCUT2D eigenvalue weighted by Crippen LogP contribution is -2.29. The van der Waals surface area contributed by atoms with Gasteiger partial charge in [-0.2, -0.15) is 0 Å². The lowest BCUT2D eigenvalue weighted by Gasteiger charge is -2.20. The third-order valence-electron chi connectivity index (χ3n) is 2.08. The molecule has 0 aromatic heterocycles. The maximum atomic E-state index is 7.16. The largest absolute Gasteiger partial charge is 0.302 e. The highest BCUT2D eigenvalue weighted by Crippen LogP contribution is 1.97. The molecule has 0 atom stereocenters. The predicted molar refractivity (Wildman–Crippen MR) is 54.2 cm³/mol. The average Bonchev–Trinajstić information content (AvgIpc) is 2.10. The van der Waals surface area contributed by atoms with Crippen LogP contribution in [0.15, 0.2) is 0 Å². The maximum Gasteiger partial charge on any atom is 0.0228 e. The predicted octanol–water partition coefficient (Wildman–Crippen LogP) is 2.17. The zero-order valence-corrected chi connectivity index (χ0v) is 8.60. The van der Waals surface area contributed by atoms with Crippen molar-refractivity contribution in [1.82, 2.24) is 10.6 Å². The van der Waals surface area contributed by atoms with Crippen LogP contribution in [-0.4, -0.2) is 31.1 Å². The number of unbranched alkanes of at least 4 members (excludes halogenated alkanes) is 2. The highest BCUT2D eigenvalue weighted by atomic mass is 15.1. The summed E-state index contributed by atoms with van der Waals surface area (Å²) >= 11 is 0. The molecule has 0 saturated heterocycles. The first-order chi connectivity index (χ1) is 5.85. The van der Waals surface area contributed by atoms with Crippen molar-refractivity contribution in [2.45, 2.75) is 39.5 Å². The lowest BCUT2D eigenvalue weighted by molar-refractivity contribution is 0.271. The molecule has 0 aliphatic carbocycles. The lowest BCUT2D eigenvalue weighted by atomic mass is 10.2. The molecular formula is C10H23N2. The molecule has 0 aromatic carbocycles. The van der Waals surface area contributed by atoms with Gasteiger partial charge in [-0.1, -0.05) is 26.7 Å². The smallest absolute Gasteiger partial charge is 0.0228 e. The van der Waals surface area contributed by atoms with Crippen molar-refractivity contribution in [3.63, 3.8) is 0 Å². The summed E-state index contributed by atoms with van der Waals surface area (Å²) in [5, 5.41) is 0. The Bertz CT molecular complexity index is 75.9. The van der Waals surface area contributed by atoms with Gasteiger partial charge in [0.2, 0.25) is 0 Å². The summed E-state index contributed by atoms with van der Waals surface area (Å²) in [7, 11) is 0. The van der Waals surface area contributed by atoms with E-state index >= 15 is 0 Å². The second kappa shape index (κ2) is 9.01. The fraction of sp³-hybridized carbons (Fsp3) is 1.00. The molecule has 0 aromatic rings. The zero-order chi connectivity index (χ0) is 9.23. The minimum Gasteiger partial charge on any atom is -0.302 e. The van der Waals surface area contributed by atoms with E-state index in [9.17, 15) is 0 Å². The van der Waals surface area contributed by atoms with E-state index in [4.69, 9.17) is 5.73 Å². The van der Waals surface area contributed by atoms with E-state index in [2.05, 4.69) is 18.7 Å². The molecule has 1 radical (unpaired) electrons. The first-order valence-corrected chi connectivity index (χ1v) is 5.22. The fourth-order valence-corrected chi connectivity index (χ4v) is 1.26. The van der Waals surface area contributed by atoms with Crippen LogP contribution in [0.1, 0.15) is 39.5 Å². The van der Waals surface area contributed by atoms with Crippen molar-refractivity contribution >= 4 is 0 Å². The number of hydrogen-bond donors (Lipinski definition) is 0. The molecule has 0 aliphatic heterocycles. The van der Waals surface area contributed by atoms with Crippen LogP contribution in [0.4, 0.5) is 0 Å². The molecule has 0 rings (SSSR count). The Morgan fingerprint density at radius 2 is 1.42 bits per heavy atom. The van der Waals surface area contributed by atoms with Crippen LogP contribution in [0.3, 0.4) is 0 Å². The van der Waals surface area contributed by atoms with Gasteiger partial charge in [0.15, 0.2) is 0 Å². The molecule has 0 spiro atoms. The van der Waals surface area contributed by atoms with Gasteiger partial charge < -0.3 is 4.90 Å². The molecule has 2 heteroatoms. The Hall–Kier alpha value is -0.0800. The molecule has 1 N–H and O–H groups in total. The molecule has 0 aliphatic rings. The van der Waals surface area contributed by atoms with Crippen molar-refractivity contribution in [2.24, 2.45) is 0 Å². The van der Waals surface area contributed by atoms with E-state index in [1.165, 1.54) is 38.8 Å². The maximum absolute atomic E-state index is 7.16. The van der Waals surface area contributed by atoms with Gasteiger partial charge in [0.25, 0.3) is 0 Å². The normalized spacial score (nSPS) is 11.0. The van der Waals surface area contributed by atoms with Crippen LogP contribution in [0.5, 0.6) is 0 Å². The topological polar surface area (TPSA) is 27.0 Å². The molecule has 0 saturated carbocycles. The third kappa shape index (κ3) is 6.62. The highest BCUT2D eigenvalue weighted by molar-refractivity contribution is 4.57. The van der Waals surface area contributed by atoms with Crippen LogP contribution in [0, 0.1) is 0 Å². The summed E-state index contributed by atoms with van der Waals surface area (Å²) in [5.74, 6) is 0. The first-order valence-electron chi connectivity index (χ1n) is 5.22. The van der Waals surface area contributed by atoms with Crippen molar-refractivity contribution in [3.05, 3.63) is 0 Å². The van der Waals surface area contributed by atoms with Crippen molar-refractivity contribution in [3.8, 4) is 0 Å². The fourth-order valence-electron chi connectivity index (χ4n) is 1.26. The van der Waals surface area contributed by atoms with E-state index < -0.39 is 0 Å². The summed E-state index contributed by atoms with van der Waals surface area (Å²) in [4.78, 5) is 2.42. The number of hydrogen-bond acceptors (Lipinski definition) is 1. The molecule has 0 bridgehead atoms. The molecule has 0 amide bonds. The second-order valence-corrected chi connectivity index (χ2v) is 3.30. The highest BCUT2D eigenvalue weighted by Gasteiger charge is 2.01. The Morgan fingerprint density at radius 1 is 0.917 bits per heavy atom. The van der Waals surface area contributed by atoms with E-state index in [-0.39, 0.29) is 0 Å². The number of rotatable bonds is 8. The van der Waals surface area contributed by atoms with Crippen molar-refractivity contribution < 1.29 is 0 Å². The summed E-state index contributed by atoms with van der Waals surface area (Å²) in [6.45, 7) is 8.33. The third-order valence-corrected chi connectivity index (χ3v) is 2.08. The van der Waals surface area contributed by atoms with E-state index in [1.54, 1.807) is 0 Å². The molecule has 0 unspecified atom stereocenters. The van der Waals surface area contributed by atoms with Gasteiger partial charge in [0.05, 0.1) is 0 Å². The van der Waals surface area contributed by atoms with Gasteiger partial charge in [-0.15, -0.1) is 0 Å². The standard InChI is InChI=1S/C10H23N2/c1-3-5-8-12(10-7-11)9-6-4-2/h11H,3-10H2,1-2H3. The van der Waals surface area contributed by atoms with Crippen molar-refractivity contribution in [1.29, 1.82) is 0 Å². The minimum absolute atomic E-state index is 0.549. The van der Waals surface area contributed by atoms with Crippen molar-refractivity contribution in [2.75, 3.05) is 26.2 Å². The summed E-state index contributed by atoms with van der Waals surface area (Å²) in [6.07, 6.45) is 5.09. The molecular weight excluding hydrogens is 148 g/mol. The Kier molecular flexibility index (Phi) is 8.95. The number of nitrogens with zero attached hydrogens (tertiary/aromatic N) is 1. The average molecular weight is 171 g/mol. The van der Waals surface area contributed by atoms with Gasteiger partial charge in [0, 0.05) is 13.1 Å². The summed E-state index contributed by atoms with van der Waals surface area (Å²) < 4.78 is 0. The van der Waals surface area contributed by atoms with E-state index in [0.717, 1.165) is 6.54 Å². The molecule has 73 valence electrons. The van der Waals surface area contributed by atoms with Gasteiger partial charge in [-0.25, -0.2) is 0 Å².